The number of carbonyl (C=O) groups excluding carboxylic acids is 1. The van der Waals surface area contributed by atoms with E-state index in [1.54, 1.807) is 24.7 Å². The first-order valence-electron chi connectivity index (χ1n) is 7.01. The summed E-state index contributed by atoms with van der Waals surface area (Å²) in [6.07, 6.45) is 8.51. The number of hydrogen-bond donors (Lipinski definition) is 1. The second-order valence-corrected chi connectivity index (χ2v) is 4.83. The number of nitrogens with zero attached hydrogens (tertiary/aromatic N) is 2. The highest BCUT2D eigenvalue weighted by molar-refractivity contribution is 5.95. The van der Waals surface area contributed by atoms with Crippen LogP contribution in [-0.2, 0) is 11.3 Å². The van der Waals surface area contributed by atoms with Gasteiger partial charge in [0.1, 0.15) is 0 Å². The van der Waals surface area contributed by atoms with Gasteiger partial charge < -0.3 is 5.32 Å². The van der Waals surface area contributed by atoms with Gasteiger partial charge in [-0.3, -0.25) is 14.8 Å². The highest BCUT2D eigenvalue weighted by Gasteiger charge is 2.00. The van der Waals surface area contributed by atoms with E-state index in [1.165, 1.54) is 6.08 Å². The molecule has 22 heavy (non-hydrogen) atoms. The Morgan fingerprint density at radius 2 is 1.95 bits per heavy atom. The molecule has 4 heteroatoms. The summed E-state index contributed by atoms with van der Waals surface area (Å²) in [7, 11) is 0. The van der Waals surface area contributed by atoms with E-state index >= 15 is 0 Å². The normalized spacial score (nSPS) is 10.9. The standard InChI is InChI=1S/C18H15N3O/c22-17(21-13-14-4-2-10-19-12-14)9-8-16-6-1-5-15-7-3-11-20-18(15)16/h1-12H,13H2,(H,21,22)/b9-8+. The summed E-state index contributed by atoms with van der Waals surface area (Å²) in [6.45, 7) is 0.463. The summed E-state index contributed by atoms with van der Waals surface area (Å²) in [5.41, 5.74) is 2.78. The molecule has 1 N–H and O–H groups in total. The average molecular weight is 289 g/mol. The minimum absolute atomic E-state index is 0.142. The molecule has 0 aliphatic rings. The van der Waals surface area contributed by atoms with Gasteiger partial charge in [-0.15, -0.1) is 0 Å². The first-order valence-corrected chi connectivity index (χ1v) is 7.01. The molecule has 2 aromatic heterocycles. The van der Waals surface area contributed by atoms with E-state index in [9.17, 15) is 4.79 Å². The van der Waals surface area contributed by atoms with Gasteiger partial charge in [0.05, 0.1) is 5.52 Å². The number of pyridine rings is 2. The predicted molar refractivity (Wildman–Crippen MR) is 86.9 cm³/mol. The first kappa shape index (κ1) is 13.9. The van der Waals surface area contributed by atoms with Crippen molar-refractivity contribution >= 4 is 22.9 Å². The maximum atomic E-state index is 11.9. The van der Waals surface area contributed by atoms with Crippen LogP contribution < -0.4 is 5.32 Å². The Kier molecular flexibility index (Phi) is 4.20. The van der Waals surface area contributed by atoms with Crippen molar-refractivity contribution in [3.63, 3.8) is 0 Å². The summed E-state index contributed by atoms with van der Waals surface area (Å²) in [5.74, 6) is -0.142. The number of hydrogen-bond acceptors (Lipinski definition) is 3. The maximum absolute atomic E-state index is 11.9. The zero-order chi connectivity index (χ0) is 15.2. The molecule has 3 rings (SSSR count). The number of aromatic nitrogens is 2. The van der Waals surface area contributed by atoms with Crippen molar-refractivity contribution in [2.45, 2.75) is 6.54 Å². The van der Waals surface area contributed by atoms with Crippen molar-refractivity contribution in [2.75, 3.05) is 0 Å². The summed E-state index contributed by atoms with van der Waals surface area (Å²) < 4.78 is 0. The lowest BCUT2D eigenvalue weighted by atomic mass is 10.1. The van der Waals surface area contributed by atoms with Gasteiger partial charge in [0.25, 0.3) is 0 Å². The quantitative estimate of drug-likeness (QED) is 0.751. The number of para-hydroxylation sites is 1. The minimum atomic E-state index is -0.142. The molecular formula is C18H15N3O. The Hall–Kier alpha value is -3.01. The second-order valence-electron chi connectivity index (χ2n) is 4.83. The fourth-order valence-corrected chi connectivity index (χ4v) is 2.18. The van der Waals surface area contributed by atoms with Crippen molar-refractivity contribution in [1.82, 2.24) is 15.3 Å². The molecule has 0 radical (unpaired) electrons. The minimum Gasteiger partial charge on any atom is -0.348 e. The van der Waals surface area contributed by atoms with Gasteiger partial charge in [0, 0.05) is 42.2 Å². The fourth-order valence-electron chi connectivity index (χ4n) is 2.18. The molecule has 2 heterocycles. The predicted octanol–water partition coefficient (Wildman–Crippen LogP) is 2.96. The SMILES string of the molecule is O=C(/C=C/c1cccc2cccnc12)NCc1cccnc1. The lowest BCUT2D eigenvalue weighted by molar-refractivity contribution is -0.116. The van der Waals surface area contributed by atoms with Crippen LogP contribution in [0.4, 0.5) is 0 Å². The van der Waals surface area contributed by atoms with Crippen LogP contribution in [-0.4, -0.2) is 15.9 Å². The zero-order valence-corrected chi connectivity index (χ0v) is 11.9. The van der Waals surface area contributed by atoms with E-state index in [0.717, 1.165) is 22.0 Å². The maximum Gasteiger partial charge on any atom is 0.244 e. The van der Waals surface area contributed by atoms with Crippen LogP contribution in [0.3, 0.4) is 0 Å². The summed E-state index contributed by atoms with van der Waals surface area (Å²) in [6, 6.07) is 13.6. The van der Waals surface area contributed by atoms with Crippen LogP contribution in [0.5, 0.6) is 0 Å². The molecule has 0 fully saturated rings. The Morgan fingerprint density at radius 3 is 2.82 bits per heavy atom. The lowest BCUT2D eigenvalue weighted by Crippen LogP contribution is -2.20. The molecule has 0 unspecified atom stereocenters. The van der Waals surface area contributed by atoms with Gasteiger partial charge in [-0.1, -0.05) is 30.3 Å². The van der Waals surface area contributed by atoms with Crippen LogP contribution in [0.15, 0.2) is 67.1 Å². The van der Waals surface area contributed by atoms with Gasteiger partial charge in [-0.05, 0) is 23.8 Å². The largest absolute Gasteiger partial charge is 0.348 e. The number of carbonyl (C=O) groups is 1. The molecule has 0 aliphatic carbocycles. The molecule has 3 aromatic rings. The van der Waals surface area contributed by atoms with E-state index in [2.05, 4.69) is 15.3 Å². The molecule has 0 atom stereocenters. The van der Waals surface area contributed by atoms with Gasteiger partial charge in [0.15, 0.2) is 0 Å². The Bertz CT molecular complexity index is 807. The van der Waals surface area contributed by atoms with Crippen molar-refractivity contribution in [2.24, 2.45) is 0 Å². The van der Waals surface area contributed by atoms with E-state index in [0.29, 0.717) is 6.54 Å². The van der Waals surface area contributed by atoms with Crippen molar-refractivity contribution in [1.29, 1.82) is 0 Å². The summed E-state index contributed by atoms with van der Waals surface area (Å²) >= 11 is 0. The van der Waals surface area contributed by atoms with Crippen LogP contribution in [0.25, 0.3) is 17.0 Å². The van der Waals surface area contributed by atoms with Gasteiger partial charge in [-0.2, -0.15) is 0 Å². The van der Waals surface area contributed by atoms with E-state index in [4.69, 9.17) is 0 Å². The Morgan fingerprint density at radius 1 is 1.09 bits per heavy atom. The smallest absolute Gasteiger partial charge is 0.244 e. The topological polar surface area (TPSA) is 54.9 Å². The van der Waals surface area contributed by atoms with Crippen LogP contribution in [0.1, 0.15) is 11.1 Å². The third-order valence-corrected chi connectivity index (χ3v) is 3.27. The molecule has 1 aromatic carbocycles. The third-order valence-electron chi connectivity index (χ3n) is 3.27. The second kappa shape index (κ2) is 6.63. The molecule has 4 nitrogen and oxygen atoms in total. The van der Waals surface area contributed by atoms with Gasteiger partial charge in [0.2, 0.25) is 5.91 Å². The van der Waals surface area contributed by atoms with Gasteiger partial charge in [-0.25, -0.2) is 0 Å². The van der Waals surface area contributed by atoms with Crippen molar-refractivity contribution in [3.05, 3.63) is 78.3 Å². The van der Waals surface area contributed by atoms with Crippen LogP contribution in [0, 0.1) is 0 Å². The number of benzene rings is 1. The molecule has 0 saturated heterocycles. The number of fused-ring (bicyclic) bond motifs is 1. The van der Waals surface area contributed by atoms with E-state index in [-0.39, 0.29) is 5.91 Å². The van der Waals surface area contributed by atoms with E-state index < -0.39 is 0 Å². The number of amides is 1. The molecule has 0 bridgehead atoms. The fraction of sp³-hybridized carbons (Fsp3) is 0.0556. The molecule has 0 aliphatic heterocycles. The van der Waals surface area contributed by atoms with Crippen LogP contribution in [0.2, 0.25) is 0 Å². The van der Waals surface area contributed by atoms with E-state index in [1.807, 2.05) is 42.5 Å². The number of rotatable bonds is 4. The van der Waals surface area contributed by atoms with Gasteiger partial charge >= 0.3 is 0 Å². The molecule has 0 saturated carbocycles. The van der Waals surface area contributed by atoms with Crippen LogP contribution >= 0.6 is 0 Å². The van der Waals surface area contributed by atoms with Crippen molar-refractivity contribution < 1.29 is 4.79 Å². The number of nitrogens with one attached hydrogen (secondary N) is 1. The summed E-state index contributed by atoms with van der Waals surface area (Å²) in [5, 5.41) is 3.89. The highest BCUT2D eigenvalue weighted by atomic mass is 16.1. The molecule has 108 valence electrons. The lowest BCUT2D eigenvalue weighted by Gasteiger charge is -2.02. The molecule has 1 amide bonds. The molecular weight excluding hydrogens is 274 g/mol. The summed E-state index contributed by atoms with van der Waals surface area (Å²) in [4.78, 5) is 20.3. The monoisotopic (exact) mass is 289 g/mol. The average Bonchev–Trinajstić information content (AvgIpc) is 2.59. The van der Waals surface area contributed by atoms with Crippen molar-refractivity contribution in [3.8, 4) is 0 Å². The zero-order valence-electron chi connectivity index (χ0n) is 11.9. The Balaban J connectivity index is 1.69. The Labute approximate surface area is 128 Å². The highest BCUT2D eigenvalue weighted by Crippen LogP contribution is 2.16. The third kappa shape index (κ3) is 3.35. The molecule has 0 spiro atoms. The first-order chi connectivity index (χ1) is 10.8.